The number of carbonyl (C=O) groups is 2. The number of rotatable bonds is 5. The van der Waals surface area contributed by atoms with Gasteiger partial charge in [0.25, 0.3) is 0 Å². The number of anilines is 1. The van der Waals surface area contributed by atoms with E-state index in [9.17, 15) is 14.7 Å². The minimum Gasteiger partial charge on any atom is -0.497 e. The highest BCUT2D eigenvalue weighted by atomic mass is 16.6. The first kappa shape index (κ1) is 26.8. The molecular weight excluding hydrogens is 486 g/mol. The first-order chi connectivity index (χ1) is 17.8. The highest BCUT2D eigenvalue weighted by Crippen LogP contribution is 2.67. The molecule has 1 aromatic carbocycles. The molecule has 5 rings (SSSR count). The number of nitrogens with zero attached hydrogens (tertiary/aromatic N) is 2. The van der Waals surface area contributed by atoms with Crippen molar-refractivity contribution in [2.24, 2.45) is 5.41 Å². The molecule has 1 spiro atoms. The maximum absolute atomic E-state index is 12.9. The number of esters is 1. The third-order valence-corrected chi connectivity index (χ3v) is 9.13. The molecule has 9 heteroatoms. The van der Waals surface area contributed by atoms with Crippen LogP contribution in [0.3, 0.4) is 0 Å². The SMILES string of the molecule is CC[C@]12C=CCN3CC[C@@]4(c5ccc(OC)cc5N(C)[C@H]4[C@@](O)(CNC(=O)OC(C)(C)C)[C@@H]1OC(C)=O)[C@@H]32. The second-order valence-corrected chi connectivity index (χ2v) is 12.3. The van der Waals surface area contributed by atoms with E-state index in [2.05, 4.69) is 40.3 Å². The van der Waals surface area contributed by atoms with Crippen molar-refractivity contribution in [3.05, 3.63) is 35.9 Å². The third kappa shape index (κ3) is 3.65. The van der Waals surface area contributed by atoms with E-state index in [0.717, 1.165) is 36.5 Å². The smallest absolute Gasteiger partial charge is 0.407 e. The monoisotopic (exact) mass is 527 g/mol. The highest BCUT2D eigenvalue weighted by molar-refractivity contribution is 5.72. The molecule has 6 atom stereocenters. The minimum atomic E-state index is -1.63. The van der Waals surface area contributed by atoms with Gasteiger partial charge in [-0.05, 0) is 51.8 Å². The van der Waals surface area contributed by atoms with E-state index in [1.54, 1.807) is 27.9 Å². The van der Waals surface area contributed by atoms with Gasteiger partial charge in [-0.2, -0.15) is 0 Å². The Bertz CT molecular complexity index is 1160. The average molecular weight is 528 g/mol. The number of hydrogen-bond acceptors (Lipinski definition) is 8. The molecule has 1 saturated heterocycles. The molecule has 4 aliphatic rings. The van der Waals surface area contributed by atoms with E-state index in [-0.39, 0.29) is 12.6 Å². The Morgan fingerprint density at radius 1 is 1.24 bits per heavy atom. The quantitative estimate of drug-likeness (QED) is 0.445. The number of alkyl carbamates (subject to hydrolysis) is 1. The van der Waals surface area contributed by atoms with Crippen LogP contribution in [-0.4, -0.2) is 85.3 Å². The topological polar surface area (TPSA) is 101 Å². The van der Waals surface area contributed by atoms with Crippen molar-refractivity contribution in [1.29, 1.82) is 0 Å². The van der Waals surface area contributed by atoms with E-state index < -0.39 is 46.2 Å². The molecule has 9 nitrogen and oxygen atoms in total. The van der Waals surface area contributed by atoms with E-state index in [0.29, 0.717) is 6.42 Å². The average Bonchev–Trinajstić information content (AvgIpc) is 3.36. The molecule has 2 N–H and O–H groups in total. The Morgan fingerprint density at radius 2 is 1.97 bits per heavy atom. The summed E-state index contributed by atoms with van der Waals surface area (Å²) in [6.45, 7) is 10.4. The maximum atomic E-state index is 12.9. The van der Waals surface area contributed by atoms with Gasteiger partial charge < -0.3 is 29.5 Å². The van der Waals surface area contributed by atoms with Gasteiger partial charge in [-0.3, -0.25) is 9.69 Å². The van der Waals surface area contributed by atoms with Crippen LogP contribution in [0.15, 0.2) is 30.4 Å². The van der Waals surface area contributed by atoms with Crippen LogP contribution in [0.5, 0.6) is 5.75 Å². The van der Waals surface area contributed by atoms with Crippen LogP contribution in [-0.2, 0) is 19.7 Å². The van der Waals surface area contributed by atoms with Crippen molar-refractivity contribution in [2.45, 2.75) is 82.3 Å². The lowest BCUT2D eigenvalue weighted by Crippen LogP contribution is -2.81. The van der Waals surface area contributed by atoms with Crippen molar-refractivity contribution in [3.63, 3.8) is 0 Å². The van der Waals surface area contributed by atoms with Gasteiger partial charge in [0.05, 0.1) is 19.7 Å². The fourth-order valence-corrected chi connectivity index (χ4v) is 8.17. The van der Waals surface area contributed by atoms with Crippen molar-refractivity contribution in [2.75, 3.05) is 38.7 Å². The molecule has 2 fully saturated rings. The number of fused-ring (bicyclic) bond motifs is 1. The van der Waals surface area contributed by atoms with Gasteiger partial charge in [-0.15, -0.1) is 0 Å². The fraction of sp³-hybridized carbons (Fsp3) is 0.655. The lowest BCUT2D eigenvalue weighted by molar-refractivity contribution is -0.217. The Balaban J connectivity index is 1.72. The summed E-state index contributed by atoms with van der Waals surface area (Å²) in [5.74, 6) is 0.270. The summed E-state index contributed by atoms with van der Waals surface area (Å²) in [5, 5.41) is 15.8. The number of benzene rings is 1. The highest BCUT2D eigenvalue weighted by Gasteiger charge is 2.77. The molecule has 38 heavy (non-hydrogen) atoms. The second-order valence-electron chi connectivity index (χ2n) is 12.3. The molecule has 208 valence electrons. The molecular formula is C29H41N3O6. The first-order valence-electron chi connectivity index (χ1n) is 13.5. The molecule has 0 radical (unpaired) electrons. The summed E-state index contributed by atoms with van der Waals surface area (Å²) < 4.78 is 17.2. The van der Waals surface area contributed by atoms with Gasteiger partial charge in [-0.25, -0.2) is 4.79 Å². The molecule has 0 aromatic heterocycles. The van der Waals surface area contributed by atoms with Gasteiger partial charge in [0.2, 0.25) is 0 Å². The van der Waals surface area contributed by atoms with Crippen molar-refractivity contribution in [3.8, 4) is 5.75 Å². The van der Waals surface area contributed by atoms with E-state index in [1.807, 2.05) is 19.2 Å². The normalized spacial score (nSPS) is 35.3. The van der Waals surface area contributed by atoms with Crippen LogP contribution >= 0.6 is 0 Å². The van der Waals surface area contributed by atoms with Crippen LogP contribution in [0.2, 0.25) is 0 Å². The maximum Gasteiger partial charge on any atom is 0.407 e. The van der Waals surface area contributed by atoms with E-state index in [1.165, 1.54) is 6.92 Å². The minimum absolute atomic E-state index is 0.00162. The molecule has 1 saturated carbocycles. The number of ether oxygens (including phenoxy) is 3. The van der Waals surface area contributed by atoms with E-state index >= 15 is 0 Å². The zero-order valence-electron chi connectivity index (χ0n) is 23.5. The Labute approximate surface area is 225 Å². The van der Waals surface area contributed by atoms with E-state index in [4.69, 9.17) is 14.2 Å². The molecule has 0 unspecified atom stereocenters. The van der Waals surface area contributed by atoms with Crippen LogP contribution in [0, 0.1) is 5.41 Å². The molecule has 1 aliphatic carbocycles. The molecule has 1 amide bonds. The molecule has 3 aliphatic heterocycles. The van der Waals surface area contributed by atoms with Gasteiger partial charge >= 0.3 is 12.1 Å². The lowest BCUT2D eigenvalue weighted by Gasteiger charge is -2.64. The number of carbonyl (C=O) groups excluding carboxylic acids is 2. The predicted molar refractivity (Wildman–Crippen MR) is 143 cm³/mol. The predicted octanol–water partition coefficient (Wildman–Crippen LogP) is 2.99. The third-order valence-electron chi connectivity index (χ3n) is 9.13. The van der Waals surface area contributed by atoms with Crippen LogP contribution in [0.25, 0.3) is 0 Å². The number of aliphatic hydroxyl groups is 1. The fourth-order valence-electron chi connectivity index (χ4n) is 8.17. The van der Waals surface area contributed by atoms with Crippen LogP contribution < -0.4 is 15.0 Å². The zero-order chi connectivity index (χ0) is 27.7. The second kappa shape index (κ2) is 8.88. The van der Waals surface area contributed by atoms with Crippen molar-refractivity contribution < 1.29 is 28.9 Å². The summed E-state index contributed by atoms with van der Waals surface area (Å²) in [6.07, 6.45) is 4.25. The summed E-state index contributed by atoms with van der Waals surface area (Å²) in [7, 11) is 3.62. The molecule has 1 aromatic rings. The number of hydrogen-bond donors (Lipinski definition) is 2. The number of amides is 1. The number of likely N-dealkylation sites (N-methyl/N-ethyl adjacent to an activating group) is 1. The van der Waals surface area contributed by atoms with Gasteiger partial charge in [0.15, 0.2) is 0 Å². The Morgan fingerprint density at radius 3 is 2.61 bits per heavy atom. The zero-order valence-corrected chi connectivity index (χ0v) is 23.5. The van der Waals surface area contributed by atoms with Gasteiger partial charge in [-0.1, -0.05) is 25.1 Å². The van der Waals surface area contributed by atoms with Crippen LogP contribution in [0.1, 0.15) is 53.0 Å². The standard InChI is InChI=1S/C29H41N3O6/c1-8-27-12-9-14-32-15-13-28(22(27)32)20-11-10-19(36-7)16-21(20)31(6)23(28)29(35,24(27)37-18(2)33)17-30-25(34)38-26(3,4)5/h9-12,16,22-24,35H,8,13-15,17H2,1-7H3,(H,30,34)/t22-,23+,24+,27+,28+,29-/m0/s1. The molecule has 0 bridgehead atoms. The Kier molecular flexibility index (Phi) is 6.26. The van der Waals surface area contributed by atoms with Crippen LogP contribution in [0.4, 0.5) is 10.5 Å². The van der Waals surface area contributed by atoms with Crippen molar-refractivity contribution >= 4 is 17.7 Å². The summed E-state index contributed by atoms with van der Waals surface area (Å²) >= 11 is 0. The number of nitrogens with one attached hydrogen (secondary N) is 1. The lowest BCUT2D eigenvalue weighted by atomic mass is 9.47. The van der Waals surface area contributed by atoms with Crippen molar-refractivity contribution in [1.82, 2.24) is 10.2 Å². The number of methoxy groups -OCH3 is 1. The summed E-state index contributed by atoms with van der Waals surface area (Å²) in [4.78, 5) is 30.0. The summed E-state index contributed by atoms with van der Waals surface area (Å²) in [5.41, 5.74) is -1.31. The van der Waals surface area contributed by atoms with Gasteiger partial charge in [0.1, 0.15) is 23.1 Å². The largest absolute Gasteiger partial charge is 0.497 e. The first-order valence-corrected chi connectivity index (χ1v) is 13.5. The molecule has 3 heterocycles. The summed E-state index contributed by atoms with van der Waals surface area (Å²) in [6, 6.07) is 5.64. The Hall–Kier alpha value is -2.78. The van der Waals surface area contributed by atoms with Gasteiger partial charge in [0, 0.05) is 49.1 Å².